The number of rotatable bonds is 0. The number of hydrogen-bond acceptors (Lipinski definition) is 2. The smallest absolute Gasteiger partial charge is 0.0705 e. The summed E-state index contributed by atoms with van der Waals surface area (Å²) < 4.78 is 0.531. The predicted molar refractivity (Wildman–Crippen MR) is 59.4 cm³/mol. The van der Waals surface area contributed by atoms with Crippen LogP contribution >= 0.6 is 23.5 Å². The van der Waals surface area contributed by atoms with Crippen molar-refractivity contribution in [1.29, 1.82) is 0 Å². The van der Waals surface area contributed by atoms with Gasteiger partial charge in [0, 0.05) is 9.79 Å². The first kappa shape index (κ1) is 8.25. The normalized spacial score (nSPS) is 23.7. The van der Waals surface area contributed by atoms with E-state index >= 15 is 0 Å². The highest BCUT2D eigenvalue weighted by Gasteiger charge is 2.41. The first-order valence-electron chi connectivity index (χ1n) is 4.85. The molecule has 0 bridgehead atoms. The number of hydrogen-bond donors (Lipinski definition) is 0. The second-order valence-electron chi connectivity index (χ2n) is 3.77. The van der Waals surface area contributed by atoms with E-state index in [9.17, 15) is 0 Å². The third kappa shape index (κ3) is 1.31. The molecule has 0 amide bonds. The zero-order valence-corrected chi connectivity index (χ0v) is 9.09. The average Bonchev–Trinajstić information content (AvgIpc) is 2.72. The van der Waals surface area contributed by atoms with Crippen molar-refractivity contribution in [2.45, 2.75) is 39.6 Å². The van der Waals surface area contributed by atoms with Gasteiger partial charge in [0.2, 0.25) is 0 Å². The van der Waals surface area contributed by atoms with Gasteiger partial charge in [-0.25, -0.2) is 0 Å². The van der Waals surface area contributed by atoms with Gasteiger partial charge < -0.3 is 0 Å². The average molecular weight is 208 g/mol. The molecule has 0 atom stereocenters. The van der Waals surface area contributed by atoms with Crippen LogP contribution in [0.1, 0.15) is 25.7 Å². The Morgan fingerprint density at radius 2 is 1.46 bits per heavy atom. The quantitative estimate of drug-likeness (QED) is 0.628. The topological polar surface area (TPSA) is 0 Å². The van der Waals surface area contributed by atoms with Crippen molar-refractivity contribution < 1.29 is 0 Å². The maximum absolute atomic E-state index is 2.26. The van der Waals surface area contributed by atoms with Gasteiger partial charge in [0.15, 0.2) is 0 Å². The maximum atomic E-state index is 2.26. The fourth-order valence-electron chi connectivity index (χ4n) is 2.16. The van der Waals surface area contributed by atoms with Crippen LogP contribution in [0.5, 0.6) is 0 Å². The van der Waals surface area contributed by atoms with Crippen LogP contribution in [0.3, 0.4) is 0 Å². The maximum Gasteiger partial charge on any atom is 0.0705 e. The van der Waals surface area contributed by atoms with Gasteiger partial charge in [-0.1, -0.05) is 25.0 Å². The van der Waals surface area contributed by atoms with Crippen molar-refractivity contribution in [1.82, 2.24) is 0 Å². The molecule has 0 radical (unpaired) electrons. The lowest BCUT2D eigenvalue weighted by atomic mass is 10.4. The van der Waals surface area contributed by atoms with Crippen LogP contribution in [0.25, 0.3) is 0 Å². The van der Waals surface area contributed by atoms with E-state index in [0.29, 0.717) is 4.08 Å². The second-order valence-corrected chi connectivity index (χ2v) is 6.88. The van der Waals surface area contributed by atoms with Gasteiger partial charge in [-0.05, 0) is 25.0 Å². The molecule has 2 aliphatic rings. The van der Waals surface area contributed by atoms with Crippen molar-refractivity contribution in [3.05, 3.63) is 24.3 Å². The van der Waals surface area contributed by atoms with Gasteiger partial charge in [-0.15, -0.1) is 23.5 Å². The molecule has 1 aliphatic carbocycles. The minimum absolute atomic E-state index is 0.531. The van der Waals surface area contributed by atoms with E-state index < -0.39 is 0 Å². The SMILES string of the molecule is c1ccc2c(c1)SC1(CCCC1)S2. The standard InChI is InChI=1S/C11H12S2/c1-2-6-10-9(5-1)12-11(13-10)7-3-4-8-11/h1-2,5-6H,3-4,7-8H2. The third-order valence-electron chi connectivity index (χ3n) is 2.81. The van der Waals surface area contributed by atoms with Gasteiger partial charge in [0.25, 0.3) is 0 Å². The molecular weight excluding hydrogens is 196 g/mol. The third-order valence-corrected chi connectivity index (χ3v) is 6.15. The molecular formula is C11H12S2. The van der Waals surface area contributed by atoms with Crippen LogP contribution in [-0.4, -0.2) is 4.08 Å². The molecule has 13 heavy (non-hydrogen) atoms. The van der Waals surface area contributed by atoms with Crippen LogP contribution in [0, 0.1) is 0 Å². The lowest BCUT2D eigenvalue weighted by molar-refractivity contribution is 0.850. The molecule has 1 spiro atoms. The monoisotopic (exact) mass is 208 g/mol. The molecule has 0 unspecified atom stereocenters. The van der Waals surface area contributed by atoms with Crippen LogP contribution in [-0.2, 0) is 0 Å². The van der Waals surface area contributed by atoms with Crippen LogP contribution in [0.2, 0.25) is 0 Å². The van der Waals surface area contributed by atoms with Crippen LogP contribution < -0.4 is 0 Å². The summed E-state index contributed by atoms with van der Waals surface area (Å²) >= 11 is 4.22. The number of benzene rings is 1. The Balaban J connectivity index is 1.96. The fourth-order valence-corrected chi connectivity index (χ4v) is 5.53. The summed E-state index contributed by atoms with van der Waals surface area (Å²) in [5.74, 6) is 0. The molecule has 1 aromatic carbocycles. The Kier molecular flexibility index (Phi) is 1.88. The zero-order valence-electron chi connectivity index (χ0n) is 7.45. The molecule has 0 aromatic heterocycles. The molecule has 0 N–H and O–H groups in total. The molecule has 68 valence electrons. The molecule has 3 rings (SSSR count). The Bertz CT molecular complexity index is 300. The predicted octanol–water partition coefficient (Wildman–Crippen LogP) is 4.15. The van der Waals surface area contributed by atoms with Crippen LogP contribution in [0.4, 0.5) is 0 Å². The van der Waals surface area contributed by atoms with Crippen LogP contribution in [0.15, 0.2) is 34.1 Å². The summed E-state index contributed by atoms with van der Waals surface area (Å²) in [5.41, 5.74) is 0. The molecule has 1 aromatic rings. The summed E-state index contributed by atoms with van der Waals surface area (Å²) in [6, 6.07) is 8.83. The first-order chi connectivity index (χ1) is 6.38. The lowest BCUT2D eigenvalue weighted by Gasteiger charge is -2.19. The minimum atomic E-state index is 0.531. The summed E-state index contributed by atoms with van der Waals surface area (Å²) in [5, 5.41) is 0. The lowest BCUT2D eigenvalue weighted by Crippen LogP contribution is -2.09. The summed E-state index contributed by atoms with van der Waals surface area (Å²) in [6.45, 7) is 0. The Morgan fingerprint density at radius 1 is 0.923 bits per heavy atom. The molecule has 2 heteroatoms. The Hall–Kier alpha value is -0.0800. The van der Waals surface area contributed by atoms with E-state index in [4.69, 9.17) is 0 Å². The van der Waals surface area contributed by atoms with Crippen molar-refractivity contribution in [3.8, 4) is 0 Å². The molecule has 1 heterocycles. The fraction of sp³-hybridized carbons (Fsp3) is 0.455. The molecule has 0 nitrogen and oxygen atoms in total. The molecule has 0 saturated heterocycles. The van der Waals surface area contributed by atoms with E-state index in [1.165, 1.54) is 35.5 Å². The van der Waals surface area contributed by atoms with Crippen molar-refractivity contribution in [3.63, 3.8) is 0 Å². The molecule has 1 saturated carbocycles. The van der Waals surface area contributed by atoms with Crippen molar-refractivity contribution in [2.24, 2.45) is 0 Å². The summed E-state index contributed by atoms with van der Waals surface area (Å²) in [4.78, 5) is 3.02. The Morgan fingerprint density at radius 3 is 2.00 bits per heavy atom. The van der Waals surface area contributed by atoms with Gasteiger partial charge in [-0.2, -0.15) is 0 Å². The van der Waals surface area contributed by atoms with Gasteiger partial charge in [-0.3, -0.25) is 0 Å². The van der Waals surface area contributed by atoms with Crippen molar-refractivity contribution in [2.75, 3.05) is 0 Å². The van der Waals surface area contributed by atoms with E-state index in [2.05, 4.69) is 47.8 Å². The van der Waals surface area contributed by atoms with Gasteiger partial charge in [0.1, 0.15) is 0 Å². The van der Waals surface area contributed by atoms with Crippen molar-refractivity contribution >= 4 is 23.5 Å². The minimum Gasteiger partial charge on any atom is -0.107 e. The largest absolute Gasteiger partial charge is 0.107 e. The van der Waals surface area contributed by atoms with Gasteiger partial charge >= 0.3 is 0 Å². The molecule has 1 fully saturated rings. The number of thioether (sulfide) groups is 2. The van der Waals surface area contributed by atoms with E-state index in [0.717, 1.165) is 0 Å². The highest BCUT2D eigenvalue weighted by Crippen LogP contribution is 2.62. The van der Waals surface area contributed by atoms with E-state index in [1.54, 1.807) is 0 Å². The molecule has 1 aliphatic heterocycles. The summed E-state index contributed by atoms with van der Waals surface area (Å²) in [7, 11) is 0. The highest BCUT2D eigenvalue weighted by molar-refractivity contribution is 8.20. The Labute approximate surface area is 87.5 Å². The van der Waals surface area contributed by atoms with Gasteiger partial charge in [0.05, 0.1) is 4.08 Å². The zero-order chi connectivity index (χ0) is 8.73. The number of fused-ring (bicyclic) bond motifs is 1. The summed E-state index contributed by atoms with van der Waals surface area (Å²) in [6.07, 6.45) is 5.65. The second kappa shape index (κ2) is 2.96. The highest BCUT2D eigenvalue weighted by atomic mass is 32.2. The van der Waals surface area contributed by atoms with E-state index in [-0.39, 0.29) is 0 Å². The first-order valence-corrected chi connectivity index (χ1v) is 6.48. The van der Waals surface area contributed by atoms with E-state index in [1.807, 2.05) is 0 Å².